The number of methoxy groups -OCH3 is 2. The van der Waals surface area contributed by atoms with Gasteiger partial charge in [-0.25, -0.2) is 0 Å². The maximum absolute atomic E-state index is 12.0. The first-order valence-corrected chi connectivity index (χ1v) is 7.58. The summed E-state index contributed by atoms with van der Waals surface area (Å²) in [6.07, 6.45) is 0.228. The molecule has 25 heavy (non-hydrogen) atoms. The molecule has 0 atom stereocenters. The number of anilines is 1. The van der Waals surface area contributed by atoms with Gasteiger partial charge in [-0.1, -0.05) is 35.4 Å². The fourth-order valence-corrected chi connectivity index (χ4v) is 2.27. The topological polar surface area (TPSA) is 86.5 Å². The standard InChI is InChI=1S/C18H17N3O4/c1-23-14-9-13(10-15(11-14)24-2)17-20-21-18(25-17)19-16(22)8-12-6-4-3-5-7-12/h3-7,9-11H,8H2,1-2H3,(H,19,21,22). The average molecular weight is 339 g/mol. The van der Waals surface area contributed by atoms with Crippen molar-refractivity contribution in [2.45, 2.75) is 6.42 Å². The lowest BCUT2D eigenvalue weighted by atomic mass is 10.1. The minimum absolute atomic E-state index is 0.0396. The van der Waals surface area contributed by atoms with Crippen LogP contribution in [0.4, 0.5) is 6.01 Å². The van der Waals surface area contributed by atoms with E-state index in [0.717, 1.165) is 5.56 Å². The quantitative estimate of drug-likeness (QED) is 0.743. The van der Waals surface area contributed by atoms with Gasteiger partial charge in [-0.3, -0.25) is 10.1 Å². The lowest BCUT2D eigenvalue weighted by molar-refractivity contribution is -0.115. The molecule has 2 aromatic carbocycles. The molecule has 1 heterocycles. The van der Waals surface area contributed by atoms with Gasteiger partial charge < -0.3 is 13.9 Å². The van der Waals surface area contributed by atoms with Gasteiger partial charge in [0.15, 0.2) is 0 Å². The molecule has 0 unspecified atom stereocenters. The van der Waals surface area contributed by atoms with Crippen LogP contribution in [0.3, 0.4) is 0 Å². The van der Waals surface area contributed by atoms with E-state index in [1.165, 1.54) is 0 Å². The van der Waals surface area contributed by atoms with Crippen molar-refractivity contribution in [1.82, 2.24) is 10.2 Å². The molecule has 7 heteroatoms. The van der Waals surface area contributed by atoms with Crippen LogP contribution in [-0.4, -0.2) is 30.3 Å². The van der Waals surface area contributed by atoms with Crippen molar-refractivity contribution in [3.63, 3.8) is 0 Å². The molecule has 0 saturated carbocycles. The summed E-state index contributed by atoms with van der Waals surface area (Å²) >= 11 is 0. The number of benzene rings is 2. The molecule has 0 aliphatic heterocycles. The van der Waals surface area contributed by atoms with E-state index in [9.17, 15) is 4.79 Å². The van der Waals surface area contributed by atoms with Gasteiger partial charge in [0.05, 0.1) is 20.6 Å². The molecular weight excluding hydrogens is 322 g/mol. The SMILES string of the molecule is COc1cc(OC)cc(-c2nnc(NC(=O)Cc3ccccc3)o2)c1. The first kappa shape index (κ1) is 16.5. The number of carbonyl (C=O) groups excluding carboxylic acids is 1. The molecule has 1 aromatic heterocycles. The Hall–Kier alpha value is -3.35. The predicted octanol–water partition coefficient (Wildman–Crippen LogP) is 2.94. The van der Waals surface area contributed by atoms with E-state index >= 15 is 0 Å². The van der Waals surface area contributed by atoms with Crippen LogP contribution in [0, 0.1) is 0 Å². The number of ether oxygens (including phenoxy) is 2. The summed E-state index contributed by atoms with van der Waals surface area (Å²) in [5.74, 6) is 1.22. The van der Waals surface area contributed by atoms with E-state index < -0.39 is 0 Å². The second-order valence-corrected chi connectivity index (χ2v) is 5.22. The predicted molar refractivity (Wildman–Crippen MR) is 91.6 cm³/mol. The molecule has 1 amide bonds. The van der Waals surface area contributed by atoms with Crippen LogP contribution >= 0.6 is 0 Å². The lowest BCUT2D eigenvalue weighted by Gasteiger charge is -2.05. The van der Waals surface area contributed by atoms with E-state index in [1.807, 2.05) is 30.3 Å². The van der Waals surface area contributed by atoms with Crippen molar-refractivity contribution >= 4 is 11.9 Å². The number of aromatic nitrogens is 2. The maximum atomic E-state index is 12.0. The summed E-state index contributed by atoms with van der Waals surface area (Å²) in [5.41, 5.74) is 1.53. The highest BCUT2D eigenvalue weighted by molar-refractivity contribution is 5.90. The van der Waals surface area contributed by atoms with Crippen LogP contribution in [0.15, 0.2) is 52.9 Å². The highest BCUT2D eigenvalue weighted by atomic mass is 16.5. The van der Waals surface area contributed by atoms with Crippen LogP contribution < -0.4 is 14.8 Å². The van der Waals surface area contributed by atoms with Crippen LogP contribution in [0.1, 0.15) is 5.56 Å². The van der Waals surface area contributed by atoms with Gasteiger partial charge in [0.25, 0.3) is 0 Å². The molecule has 128 valence electrons. The average Bonchev–Trinajstić information content (AvgIpc) is 3.10. The summed E-state index contributed by atoms with van der Waals surface area (Å²) in [4.78, 5) is 12.0. The van der Waals surface area contributed by atoms with Crippen molar-refractivity contribution in [2.75, 3.05) is 19.5 Å². The molecule has 1 N–H and O–H groups in total. The Balaban J connectivity index is 1.73. The Morgan fingerprint density at radius 2 is 1.72 bits per heavy atom. The zero-order valence-electron chi connectivity index (χ0n) is 13.9. The molecule has 3 aromatic rings. The van der Waals surface area contributed by atoms with Gasteiger partial charge in [-0.05, 0) is 17.7 Å². The van der Waals surface area contributed by atoms with Gasteiger partial charge in [0, 0.05) is 11.6 Å². The van der Waals surface area contributed by atoms with Gasteiger partial charge in [0.1, 0.15) is 11.5 Å². The van der Waals surface area contributed by atoms with Crippen LogP contribution in [0.25, 0.3) is 11.5 Å². The number of nitrogens with zero attached hydrogens (tertiary/aromatic N) is 2. The molecule has 0 aliphatic rings. The smallest absolute Gasteiger partial charge is 0.322 e. The van der Waals surface area contributed by atoms with Crippen molar-refractivity contribution in [3.8, 4) is 23.0 Å². The Morgan fingerprint density at radius 1 is 1.04 bits per heavy atom. The summed E-state index contributed by atoms with van der Waals surface area (Å²) in [6.45, 7) is 0. The normalized spacial score (nSPS) is 10.3. The number of amides is 1. The first-order valence-electron chi connectivity index (χ1n) is 7.58. The van der Waals surface area contributed by atoms with Gasteiger partial charge >= 0.3 is 6.01 Å². The summed E-state index contributed by atoms with van der Waals surface area (Å²) < 4.78 is 15.9. The van der Waals surface area contributed by atoms with E-state index in [1.54, 1.807) is 32.4 Å². The molecule has 0 radical (unpaired) electrons. The highest BCUT2D eigenvalue weighted by Crippen LogP contribution is 2.29. The van der Waals surface area contributed by atoms with Crippen LogP contribution in [-0.2, 0) is 11.2 Å². The molecule has 0 saturated heterocycles. The van der Waals surface area contributed by atoms with E-state index in [0.29, 0.717) is 17.1 Å². The Kier molecular flexibility index (Phi) is 4.94. The van der Waals surface area contributed by atoms with E-state index in [2.05, 4.69) is 15.5 Å². The minimum Gasteiger partial charge on any atom is -0.497 e. The maximum Gasteiger partial charge on any atom is 0.322 e. The molecule has 0 aliphatic carbocycles. The van der Waals surface area contributed by atoms with Crippen molar-refractivity contribution in [2.24, 2.45) is 0 Å². The highest BCUT2D eigenvalue weighted by Gasteiger charge is 2.13. The van der Waals surface area contributed by atoms with Gasteiger partial charge in [0.2, 0.25) is 11.8 Å². The number of rotatable bonds is 6. The largest absolute Gasteiger partial charge is 0.497 e. The first-order chi connectivity index (χ1) is 12.2. The number of nitrogens with one attached hydrogen (secondary N) is 1. The summed E-state index contributed by atoms with van der Waals surface area (Å²) in [6, 6.07) is 14.7. The molecule has 0 bridgehead atoms. The third-order valence-corrected chi connectivity index (χ3v) is 3.48. The molecule has 7 nitrogen and oxygen atoms in total. The summed E-state index contributed by atoms with van der Waals surface area (Å²) in [7, 11) is 3.11. The van der Waals surface area contributed by atoms with Crippen molar-refractivity contribution in [3.05, 3.63) is 54.1 Å². The number of hydrogen-bond acceptors (Lipinski definition) is 6. The molecular formula is C18H17N3O4. The minimum atomic E-state index is -0.232. The zero-order chi connectivity index (χ0) is 17.6. The third-order valence-electron chi connectivity index (χ3n) is 3.48. The monoisotopic (exact) mass is 339 g/mol. The Bertz CT molecular complexity index is 840. The third kappa shape index (κ3) is 4.14. The zero-order valence-corrected chi connectivity index (χ0v) is 13.9. The van der Waals surface area contributed by atoms with Crippen LogP contribution in [0.2, 0.25) is 0 Å². The van der Waals surface area contributed by atoms with Gasteiger partial charge in [-0.2, -0.15) is 0 Å². The number of carbonyl (C=O) groups is 1. The second-order valence-electron chi connectivity index (χ2n) is 5.22. The van der Waals surface area contributed by atoms with E-state index in [-0.39, 0.29) is 24.2 Å². The summed E-state index contributed by atoms with van der Waals surface area (Å²) in [5, 5.41) is 10.4. The second kappa shape index (κ2) is 7.48. The van der Waals surface area contributed by atoms with E-state index in [4.69, 9.17) is 13.9 Å². The number of hydrogen-bond donors (Lipinski definition) is 1. The fourth-order valence-electron chi connectivity index (χ4n) is 2.27. The van der Waals surface area contributed by atoms with Gasteiger partial charge in [-0.15, -0.1) is 5.10 Å². The lowest BCUT2D eigenvalue weighted by Crippen LogP contribution is -2.14. The molecule has 0 spiro atoms. The fraction of sp³-hybridized carbons (Fsp3) is 0.167. The molecule has 0 fully saturated rings. The molecule has 3 rings (SSSR count). The van der Waals surface area contributed by atoms with Crippen molar-refractivity contribution in [1.29, 1.82) is 0 Å². The Labute approximate surface area is 144 Å². The van der Waals surface area contributed by atoms with Crippen molar-refractivity contribution < 1.29 is 18.7 Å². The Morgan fingerprint density at radius 3 is 2.36 bits per heavy atom. The van der Waals surface area contributed by atoms with Crippen LogP contribution in [0.5, 0.6) is 11.5 Å².